The van der Waals surface area contributed by atoms with E-state index in [1.807, 2.05) is 4.72 Å². The minimum Gasteiger partial charge on any atom is -0.760 e. The lowest BCUT2D eigenvalue weighted by Crippen LogP contribution is -2.34. The van der Waals surface area contributed by atoms with Crippen molar-refractivity contribution in [3.05, 3.63) is 0 Å². The average Bonchev–Trinajstić information content (AvgIpc) is 1.86. The first-order valence-corrected chi connectivity index (χ1v) is 3.92. The molecule has 0 aromatic heterocycles. The van der Waals surface area contributed by atoms with Gasteiger partial charge >= 0.3 is 5.97 Å². The molecule has 2 unspecified atom stereocenters. The Morgan fingerprint density at radius 3 is 2.73 bits per heavy atom. The monoisotopic (exact) mass is 181 g/mol. The number of carbonyl (C=O) groups is 1. The number of nitrogens with two attached hydrogens (primary N) is 1. The van der Waals surface area contributed by atoms with Crippen LogP contribution in [0.1, 0.15) is 6.42 Å². The molecule has 2 atom stereocenters. The Balaban J connectivity index is 3.39. The Bertz CT molecular complexity index is 162. The number of nitrogens with one attached hydrogen (secondary N) is 1. The lowest BCUT2D eigenvalue weighted by atomic mass is 10.2. The van der Waals surface area contributed by atoms with Gasteiger partial charge in [0.1, 0.15) is 6.04 Å². The Morgan fingerprint density at radius 2 is 2.36 bits per heavy atom. The molecule has 4 N–H and O–H groups in total. The van der Waals surface area contributed by atoms with Crippen molar-refractivity contribution in [1.29, 1.82) is 0 Å². The molecular weight excluding hydrogens is 172 g/mol. The molecule has 0 aromatic carbocycles. The van der Waals surface area contributed by atoms with Crippen molar-refractivity contribution in [1.82, 2.24) is 4.72 Å². The van der Waals surface area contributed by atoms with E-state index in [-0.39, 0.29) is 13.0 Å². The highest BCUT2D eigenvalue weighted by atomic mass is 32.2. The van der Waals surface area contributed by atoms with Crippen LogP contribution in [0.15, 0.2) is 0 Å². The van der Waals surface area contributed by atoms with Crippen LogP contribution in [0, 0.1) is 0 Å². The van der Waals surface area contributed by atoms with E-state index >= 15 is 0 Å². The second-order valence-electron chi connectivity index (χ2n) is 1.86. The Hall–Kier alpha value is -0.500. The van der Waals surface area contributed by atoms with E-state index in [0.717, 1.165) is 0 Å². The summed E-state index contributed by atoms with van der Waals surface area (Å²) in [5, 5.41) is 8.24. The first-order chi connectivity index (χ1) is 5.04. The topological polar surface area (TPSA) is 115 Å². The van der Waals surface area contributed by atoms with Gasteiger partial charge in [0.25, 0.3) is 0 Å². The zero-order valence-electron chi connectivity index (χ0n) is 5.65. The summed E-state index contributed by atoms with van der Waals surface area (Å²) in [4.78, 5) is 10.1. The van der Waals surface area contributed by atoms with E-state index in [9.17, 15) is 13.6 Å². The predicted molar refractivity (Wildman–Crippen MR) is 37.2 cm³/mol. The maximum atomic E-state index is 10.1. The van der Waals surface area contributed by atoms with Crippen LogP contribution in [-0.4, -0.2) is 32.4 Å². The molecule has 0 heterocycles. The van der Waals surface area contributed by atoms with Gasteiger partial charge in [-0.05, 0) is 6.42 Å². The van der Waals surface area contributed by atoms with Crippen LogP contribution in [0.5, 0.6) is 0 Å². The number of carboxylic acids is 1. The SMILES string of the molecule is NC(CCNS(=O)[O-])C(=O)O. The highest BCUT2D eigenvalue weighted by molar-refractivity contribution is 7.77. The third-order valence-electron chi connectivity index (χ3n) is 0.992. The van der Waals surface area contributed by atoms with E-state index in [0.29, 0.717) is 0 Å². The highest BCUT2D eigenvalue weighted by Crippen LogP contribution is 1.85. The molecule has 0 radical (unpaired) electrons. The van der Waals surface area contributed by atoms with Crippen LogP contribution >= 0.6 is 0 Å². The molecular formula is C4H9N2O4S-. The molecule has 66 valence electrons. The van der Waals surface area contributed by atoms with Crippen LogP contribution in [0.4, 0.5) is 0 Å². The Labute approximate surface area is 66.2 Å². The van der Waals surface area contributed by atoms with Gasteiger partial charge in [0.15, 0.2) is 0 Å². The maximum absolute atomic E-state index is 10.1. The van der Waals surface area contributed by atoms with Crippen molar-refractivity contribution in [3.63, 3.8) is 0 Å². The summed E-state index contributed by atoms with van der Waals surface area (Å²) >= 11 is -2.34. The molecule has 0 aliphatic heterocycles. The number of carboxylic acid groups (broad SMARTS) is 1. The lowest BCUT2D eigenvalue weighted by molar-refractivity contribution is -0.138. The van der Waals surface area contributed by atoms with Crippen molar-refractivity contribution < 1.29 is 18.7 Å². The van der Waals surface area contributed by atoms with Gasteiger partial charge in [-0.1, -0.05) is 0 Å². The minimum atomic E-state index is -2.34. The summed E-state index contributed by atoms with van der Waals surface area (Å²) in [6.45, 7) is 0.0452. The number of aliphatic carboxylic acids is 1. The molecule has 6 nitrogen and oxygen atoms in total. The molecule has 7 heteroatoms. The predicted octanol–water partition coefficient (Wildman–Crippen LogP) is -1.83. The second-order valence-corrected chi connectivity index (χ2v) is 2.62. The number of hydrogen-bond acceptors (Lipinski definition) is 4. The van der Waals surface area contributed by atoms with Crippen molar-refractivity contribution in [2.75, 3.05) is 6.54 Å². The summed E-state index contributed by atoms with van der Waals surface area (Å²) in [6, 6.07) is -1.01. The molecule has 0 bridgehead atoms. The van der Waals surface area contributed by atoms with E-state index in [1.54, 1.807) is 0 Å². The smallest absolute Gasteiger partial charge is 0.320 e. The fraction of sp³-hybridized carbons (Fsp3) is 0.750. The number of hydrogen-bond donors (Lipinski definition) is 3. The van der Waals surface area contributed by atoms with Crippen LogP contribution in [-0.2, 0) is 16.1 Å². The quantitative estimate of drug-likeness (QED) is 0.431. The maximum Gasteiger partial charge on any atom is 0.320 e. The van der Waals surface area contributed by atoms with E-state index in [2.05, 4.69) is 0 Å². The minimum absolute atomic E-state index is 0.0452. The van der Waals surface area contributed by atoms with Gasteiger partial charge in [-0.3, -0.25) is 9.00 Å². The fourth-order valence-electron chi connectivity index (χ4n) is 0.421. The van der Waals surface area contributed by atoms with E-state index < -0.39 is 23.3 Å². The number of rotatable bonds is 5. The van der Waals surface area contributed by atoms with Crippen LogP contribution < -0.4 is 10.5 Å². The third-order valence-corrected chi connectivity index (χ3v) is 1.43. The largest absolute Gasteiger partial charge is 0.760 e. The molecule has 0 aromatic rings. The van der Waals surface area contributed by atoms with E-state index in [1.165, 1.54) is 0 Å². The Kier molecular flexibility index (Phi) is 4.95. The standard InChI is InChI=1S/C4H10N2O4S/c5-3(4(7)8)1-2-6-11(9)10/h3,6H,1-2,5H2,(H,7,8)(H,9,10)/p-1. The van der Waals surface area contributed by atoms with Gasteiger partial charge < -0.3 is 15.4 Å². The molecule has 11 heavy (non-hydrogen) atoms. The lowest BCUT2D eigenvalue weighted by Gasteiger charge is -2.08. The highest BCUT2D eigenvalue weighted by Gasteiger charge is 2.09. The summed E-state index contributed by atoms with van der Waals surface area (Å²) < 4.78 is 21.7. The molecule has 0 saturated heterocycles. The molecule has 0 rings (SSSR count). The van der Waals surface area contributed by atoms with Crippen molar-refractivity contribution in [2.24, 2.45) is 5.73 Å². The van der Waals surface area contributed by atoms with Gasteiger partial charge in [0, 0.05) is 17.8 Å². The van der Waals surface area contributed by atoms with Gasteiger partial charge in [0.2, 0.25) is 0 Å². The zero-order chi connectivity index (χ0) is 8.85. The summed E-state index contributed by atoms with van der Waals surface area (Å²) in [5.41, 5.74) is 5.06. The van der Waals surface area contributed by atoms with Crippen LogP contribution in [0.25, 0.3) is 0 Å². The molecule has 0 spiro atoms. The first-order valence-electron chi connectivity index (χ1n) is 2.85. The molecule has 0 amide bonds. The first kappa shape index (κ1) is 10.5. The second kappa shape index (κ2) is 5.19. The van der Waals surface area contributed by atoms with Gasteiger partial charge in [-0.2, -0.15) is 0 Å². The zero-order valence-corrected chi connectivity index (χ0v) is 6.47. The van der Waals surface area contributed by atoms with Crippen LogP contribution in [0.3, 0.4) is 0 Å². The van der Waals surface area contributed by atoms with Gasteiger partial charge in [-0.15, -0.1) is 0 Å². The van der Waals surface area contributed by atoms with Crippen molar-refractivity contribution in [3.8, 4) is 0 Å². The molecule has 0 aliphatic carbocycles. The molecule has 0 fully saturated rings. The van der Waals surface area contributed by atoms with Gasteiger partial charge in [-0.25, -0.2) is 4.72 Å². The fourth-order valence-corrected chi connectivity index (χ4v) is 0.706. The van der Waals surface area contributed by atoms with Crippen molar-refractivity contribution in [2.45, 2.75) is 12.5 Å². The summed E-state index contributed by atoms with van der Waals surface area (Å²) in [5.74, 6) is -1.14. The van der Waals surface area contributed by atoms with Gasteiger partial charge in [0.05, 0.1) is 0 Å². The Morgan fingerprint density at radius 1 is 1.82 bits per heavy atom. The summed E-state index contributed by atoms with van der Waals surface area (Å²) in [6.07, 6.45) is 0.0866. The molecule has 0 saturated carbocycles. The van der Waals surface area contributed by atoms with Crippen LogP contribution in [0.2, 0.25) is 0 Å². The normalized spacial score (nSPS) is 15.8. The summed E-state index contributed by atoms with van der Waals surface area (Å²) in [7, 11) is 0. The molecule has 0 aliphatic rings. The average molecular weight is 181 g/mol. The van der Waals surface area contributed by atoms with Crippen molar-refractivity contribution >= 4 is 17.2 Å². The third kappa shape index (κ3) is 5.92. The van der Waals surface area contributed by atoms with E-state index in [4.69, 9.17) is 10.8 Å².